The summed E-state index contributed by atoms with van der Waals surface area (Å²) < 4.78 is 5.98. The van der Waals surface area contributed by atoms with Crippen LogP contribution in [0.4, 0.5) is 5.69 Å². The monoisotopic (exact) mass is 518 g/mol. The van der Waals surface area contributed by atoms with Crippen molar-refractivity contribution >= 4 is 41.5 Å². The van der Waals surface area contributed by atoms with Gasteiger partial charge in [0.1, 0.15) is 6.10 Å². The number of rotatable bonds is 4. The number of terminal acetylenes is 1. The van der Waals surface area contributed by atoms with Crippen molar-refractivity contribution in [3.05, 3.63) is 65.2 Å². The van der Waals surface area contributed by atoms with E-state index >= 15 is 0 Å². The number of benzene rings is 2. The van der Waals surface area contributed by atoms with Crippen LogP contribution in [-0.4, -0.2) is 50.1 Å². The lowest BCUT2D eigenvalue weighted by Crippen LogP contribution is -2.49. The van der Waals surface area contributed by atoms with Crippen molar-refractivity contribution in [2.45, 2.75) is 13.0 Å². The Bertz CT molecular complexity index is 939. The van der Waals surface area contributed by atoms with Crippen molar-refractivity contribution in [2.24, 2.45) is 4.99 Å². The third-order valence-electron chi connectivity index (χ3n) is 4.83. The molecule has 1 fully saturated rings. The summed E-state index contributed by atoms with van der Waals surface area (Å²) in [6, 6.07) is 15.4. The lowest BCUT2D eigenvalue weighted by molar-refractivity contribution is -0.115. The number of hydrogen-bond acceptors (Lipinski definition) is 3. The summed E-state index contributed by atoms with van der Waals surface area (Å²) in [5.74, 6) is 3.08. The van der Waals surface area contributed by atoms with Crippen LogP contribution in [0.15, 0.2) is 53.5 Å². The van der Waals surface area contributed by atoms with Crippen LogP contribution in [-0.2, 0) is 9.53 Å². The maximum Gasteiger partial charge on any atom is 0.243 e. The zero-order valence-electron chi connectivity index (χ0n) is 17.2. The number of nitrogens with zero attached hydrogens (tertiary/aromatic N) is 2. The minimum absolute atomic E-state index is 0. The number of aryl methyl sites for hydroxylation is 1. The first kappa shape index (κ1) is 23.7. The molecule has 158 valence electrons. The molecule has 1 saturated heterocycles. The molecule has 1 amide bonds. The molecule has 6 nitrogen and oxygen atoms in total. The average molecular weight is 518 g/mol. The van der Waals surface area contributed by atoms with Crippen molar-refractivity contribution in [1.82, 2.24) is 10.2 Å². The van der Waals surface area contributed by atoms with E-state index in [2.05, 4.69) is 45.5 Å². The van der Waals surface area contributed by atoms with E-state index < -0.39 is 0 Å². The normalized spacial score (nSPS) is 16.2. The summed E-state index contributed by atoms with van der Waals surface area (Å²) in [5, 5.41) is 5.99. The molecule has 0 saturated carbocycles. The zero-order chi connectivity index (χ0) is 20.6. The molecule has 0 spiro atoms. The van der Waals surface area contributed by atoms with Gasteiger partial charge < -0.3 is 20.3 Å². The molecule has 1 aliphatic rings. The molecule has 1 atom stereocenters. The first-order chi connectivity index (χ1) is 14.1. The maximum absolute atomic E-state index is 12.3. The van der Waals surface area contributed by atoms with Crippen molar-refractivity contribution in [3.63, 3.8) is 0 Å². The van der Waals surface area contributed by atoms with Crippen LogP contribution in [0.5, 0.6) is 0 Å². The van der Waals surface area contributed by atoms with E-state index in [-0.39, 0.29) is 42.5 Å². The van der Waals surface area contributed by atoms with Gasteiger partial charge in [-0.15, -0.1) is 30.4 Å². The van der Waals surface area contributed by atoms with Crippen molar-refractivity contribution in [2.75, 3.05) is 38.6 Å². The lowest BCUT2D eigenvalue weighted by atomic mass is 10.0. The summed E-state index contributed by atoms with van der Waals surface area (Å²) >= 11 is 0. The second-order valence-electron chi connectivity index (χ2n) is 6.84. The van der Waals surface area contributed by atoms with Gasteiger partial charge in [0, 0.05) is 24.8 Å². The summed E-state index contributed by atoms with van der Waals surface area (Å²) in [7, 11) is 1.72. The zero-order valence-corrected chi connectivity index (χ0v) is 19.6. The summed E-state index contributed by atoms with van der Waals surface area (Å²) in [6.07, 6.45) is 5.38. The number of aliphatic imine (C=N–C) groups is 1. The number of halogens is 1. The van der Waals surface area contributed by atoms with E-state index in [0.717, 1.165) is 5.56 Å². The molecule has 0 aliphatic carbocycles. The van der Waals surface area contributed by atoms with E-state index in [1.54, 1.807) is 13.1 Å². The Kier molecular flexibility index (Phi) is 9.15. The number of morpholine rings is 1. The van der Waals surface area contributed by atoms with Crippen molar-refractivity contribution < 1.29 is 9.53 Å². The van der Waals surface area contributed by atoms with Crippen LogP contribution in [0, 0.1) is 19.3 Å². The predicted octanol–water partition coefficient (Wildman–Crippen LogP) is 3.18. The highest BCUT2D eigenvalue weighted by Crippen LogP contribution is 2.24. The molecule has 1 unspecified atom stereocenters. The molecular formula is C23H27IN4O2. The second kappa shape index (κ2) is 11.6. The Morgan fingerprint density at radius 3 is 2.83 bits per heavy atom. The van der Waals surface area contributed by atoms with Gasteiger partial charge in [0.2, 0.25) is 5.91 Å². The SMILES string of the molecule is C#Cc1cccc(NC(=O)CNC(=NC)N2CCOC(c3ccccc3C)C2)c1.I. The maximum atomic E-state index is 12.3. The minimum atomic E-state index is -0.163. The van der Waals surface area contributed by atoms with Gasteiger partial charge in [-0.1, -0.05) is 36.3 Å². The Labute approximate surface area is 195 Å². The van der Waals surface area contributed by atoms with Gasteiger partial charge in [0.25, 0.3) is 0 Å². The number of nitrogens with one attached hydrogen (secondary N) is 2. The number of ether oxygens (including phenoxy) is 1. The van der Waals surface area contributed by atoms with Crippen LogP contribution >= 0.6 is 24.0 Å². The standard InChI is InChI=1S/C23H26N4O2.HI/c1-4-18-9-7-10-19(14-18)26-22(28)15-25-23(24-3)27-12-13-29-21(16-27)20-11-6-5-8-17(20)2;/h1,5-11,14,21H,12-13,15-16H2,2-3H3,(H,24,25)(H,26,28);1H. The molecule has 1 heterocycles. The van der Waals surface area contributed by atoms with Gasteiger partial charge in [-0.25, -0.2) is 0 Å². The molecule has 7 heteroatoms. The van der Waals surface area contributed by atoms with Gasteiger partial charge in [-0.05, 0) is 36.2 Å². The quantitative estimate of drug-likeness (QED) is 0.283. The van der Waals surface area contributed by atoms with Crippen LogP contribution in [0.1, 0.15) is 22.8 Å². The molecule has 2 aromatic rings. The molecule has 0 radical (unpaired) electrons. The fourth-order valence-electron chi connectivity index (χ4n) is 3.36. The number of guanidine groups is 1. The van der Waals surface area contributed by atoms with Crippen LogP contribution < -0.4 is 10.6 Å². The van der Waals surface area contributed by atoms with E-state index in [9.17, 15) is 4.79 Å². The molecule has 0 aromatic heterocycles. The Balaban J connectivity index is 0.00000320. The topological polar surface area (TPSA) is 66.0 Å². The highest BCUT2D eigenvalue weighted by Gasteiger charge is 2.25. The van der Waals surface area contributed by atoms with Crippen LogP contribution in [0.3, 0.4) is 0 Å². The fraction of sp³-hybridized carbons (Fsp3) is 0.304. The Morgan fingerprint density at radius 1 is 1.30 bits per heavy atom. The van der Waals surface area contributed by atoms with Gasteiger partial charge in [0.15, 0.2) is 5.96 Å². The number of amides is 1. The van der Waals surface area contributed by atoms with Crippen LogP contribution in [0.25, 0.3) is 0 Å². The second-order valence-corrected chi connectivity index (χ2v) is 6.84. The number of anilines is 1. The predicted molar refractivity (Wildman–Crippen MR) is 131 cm³/mol. The van der Waals surface area contributed by atoms with Gasteiger partial charge in [-0.3, -0.25) is 9.79 Å². The van der Waals surface area contributed by atoms with Gasteiger partial charge in [-0.2, -0.15) is 0 Å². The molecule has 3 rings (SSSR count). The highest BCUT2D eigenvalue weighted by atomic mass is 127. The van der Waals surface area contributed by atoms with Gasteiger partial charge in [0.05, 0.1) is 19.7 Å². The Morgan fingerprint density at radius 2 is 2.10 bits per heavy atom. The van der Waals surface area contributed by atoms with Gasteiger partial charge >= 0.3 is 0 Å². The smallest absolute Gasteiger partial charge is 0.243 e. The summed E-state index contributed by atoms with van der Waals surface area (Å²) in [4.78, 5) is 18.8. The number of hydrogen-bond donors (Lipinski definition) is 2. The summed E-state index contributed by atoms with van der Waals surface area (Å²) in [6.45, 7) is 4.19. The van der Waals surface area contributed by atoms with Crippen molar-refractivity contribution in [3.8, 4) is 12.3 Å². The molecule has 2 N–H and O–H groups in total. The van der Waals surface area contributed by atoms with Crippen molar-refractivity contribution in [1.29, 1.82) is 0 Å². The largest absolute Gasteiger partial charge is 0.370 e. The van der Waals surface area contributed by atoms with E-state index in [1.807, 2.05) is 30.3 Å². The average Bonchev–Trinajstić information content (AvgIpc) is 2.75. The first-order valence-corrected chi connectivity index (χ1v) is 9.60. The first-order valence-electron chi connectivity index (χ1n) is 9.60. The fourth-order valence-corrected chi connectivity index (χ4v) is 3.36. The third kappa shape index (κ3) is 6.21. The van der Waals surface area contributed by atoms with E-state index in [4.69, 9.17) is 11.2 Å². The Hall–Kier alpha value is -2.57. The molecule has 1 aliphatic heterocycles. The molecular weight excluding hydrogens is 491 g/mol. The summed E-state index contributed by atoms with van der Waals surface area (Å²) in [5.41, 5.74) is 3.78. The number of carbonyl (C=O) groups is 1. The molecule has 2 aromatic carbocycles. The highest BCUT2D eigenvalue weighted by molar-refractivity contribution is 14.0. The minimum Gasteiger partial charge on any atom is -0.370 e. The van der Waals surface area contributed by atoms with E-state index in [1.165, 1.54) is 11.1 Å². The molecule has 30 heavy (non-hydrogen) atoms. The molecule has 0 bridgehead atoms. The van der Waals surface area contributed by atoms with E-state index in [0.29, 0.717) is 31.3 Å². The number of carbonyl (C=O) groups excluding carboxylic acids is 1. The van der Waals surface area contributed by atoms with Crippen LogP contribution in [0.2, 0.25) is 0 Å². The lowest BCUT2D eigenvalue weighted by Gasteiger charge is -2.35. The third-order valence-corrected chi connectivity index (χ3v) is 4.83.